The van der Waals surface area contributed by atoms with Gasteiger partial charge in [0.1, 0.15) is 0 Å². The number of aryl methyl sites for hydroxylation is 1. The lowest BCUT2D eigenvalue weighted by atomic mass is 9.91. The van der Waals surface area contributed by atoms with Gasteiger partial charge in [-0.1, -0.05) is 43.9 Å². The van der Waals surface area contributed by atoms with Gasteiger partial charge >= 0.3 is 0 Å². The van der Waals surface area contributed by atoms with E-state index in [2.05, 4.69) is 48.7 Å². The SMILES string of the molecule is CCCCC1CCN(c2ccc(C)cc2)CC1.CN. The Balaban J connectivity index is 0.000000861. The molecule has 2 nitrogen and oxygen atoms in total. The Hall–Kier alpha value is -1.02. The predicted molar refractivity (Wildman–Crippen MR) is 85.8 cm³/mol. The molecule has 1 fully saturated rings. The molecule has 1 aromatic carbocycles. The summed E-state index contributed by atoms with van der Waals surface area (Å²) in [6, 6.07) is 8.97. The van der Waals surface area contributed by atoms with Gasteiger partial charge in [-0.15, -0.1) is 0 Å². The number of hydrogen-bond donors (Lipinski definition) is 1. The first-order valence-electron chi connectivity index (χ1n) is 7.69. The second kappa shape index (κ2) is 8.98. The van der Waals surface area contributed by atoms with Gasteiger partial charge < -0.3 is 10.6 Å². The van der Waals surface area contributed by atoms with E-state index >= 15 is 0 Å². The van der Waals surface area contributed by atoms with Crippen molar-refractivity contribution in [2.45, 2.75) is 46.0 Å². The molecule has 0 bridgehead atoms. The van der Waals surface area contributed by atoms with Crippen molar-refractivity contribution in [3.63, 3.8) is 0 Å². The zero-order valence-electron chi connectivity index (χ0n) is 12.9. The molecule has 0 amide bonds. The van der Waals surface area contributed by atoms with Crippen LogP contribution in [0.4, 0.5) is 5.69 Å². The molecule has 0 saturated carbocycles. The Bertz CT molecular complexity index is 324. The molecule has 1 aliphatic rings. The van der Waals surface area contributed by atoms with Gasteiger partial charge in [-0.3, -0.25) is 0 Å². The van der Waals surface area contributed by atoms with Gasteiger partial charge in [-0.05, 0) is 44.9 Å². The molecule has 2 rings (SSSR count). The number of anilines is 1. The zero-order valence-corrected chi connectivity index (χ0v) is 12.9. The van der Waals surface area contributed by atoms with Crippen LogP contribution < -0.4 is 10.6 Å². The highest BCUT2D eigenvalue weighted by Gasteiger charge is 2.18. The van der Waals surface area contributed by atoms with Crippen LogP contribution in [0.1, 0.15) is 44.6 Å². The summed E-state index contributed by atoms with van der Waals surface area (Å²) in [5, 5.41) is 0. The standard InChI is InChI=1S/C16H25N.CH5N/c1-3-4-5-15-10-12-17(13-11-15)16-8-6-14(2)7-9-16;1-2/h6-9,15H,3-5,10-13H2,1-2H3;2H2,1H3. The van der Waals surface area contributed by atoms with E-state index in [0.717, 1.165) is 5.92 Å². The van der Waals surface area contributed by atoms with E-state index in [0.29, 0.717) is 0 Å². The molecule has 108 valence electrons. The highest BCUT2D eigenvalue weighted by molar-refractivity contribution is 5.47. The van der Waals surface area contributed by atoms with Crippen LogP contribution in [0.3, 0.4) is 0 Å². The van der Waals surface area contributed by atoms with Crippen molar-refractivity contribution in [2.75, 3.05) is 25.0 Å². The van der Waals surface area contributed by atoms with Gasteiger partial charge in [0.05, 0.1) is 0 Å². The molecule has 0 aliphatic carbocycles. The van der Waals surface area contributed by atoms with Gasteiger partial charge in [0, 0.05) is 18.8 Å². The van der Waals surface area contributed by atoms with Crippen molar-refractivity contribution < 1.29 is 0 Å². The Kier molecular flexibility index (Phi) is 7.57. The van der Waals surface area contributed by atoms with Crippen LogP contribution in [-0.2, 0) is 0 Å². The molecule has 0 unspecified atom stereocenters. The predicted octanol–water partition coefficient (Wildman–Crippen LogP) is 3.98. The molecule has 2 N–H and O–H groups in total. The van der Waals surface area contributed by atoms with Crippen LogP contribution in [0.15, 0.2) is 24.3 Å². The quantitative estimate of drug-likeness (QED) is 0.889. The number of piperidine rings is 1. The maximum Gasteiger partial charge on any atom is 0.0366 e. The minimum Gasteiger partial charge on any atom is -0.372 e. The molecule has 1 saturated heterocycles. The molecule has 0 atom stereocenters. The Morgan fingerprint density at radius 2 is 1.68 bits per heavy atom. The third-order valence-electron chi connectivity index (χ3n) is 3.98. The lowest BCUT2D eigenvalue weighted by Crippen LogP contribution is -2.33. The van der Waals surface area contributed by atoms with Crippen LogP contribution in [-0.4, -0.2) is 20.1 Å². The molecule has 19 heavy (non-hydrogen) atoms. The van der Waals surface area contributed by atoms with Crippen LogP contribution in [0.2, 0.25) is 0 Å². The first kappa shape index (κ1) is 16.0. The number of nitrogens with zero attached hydrogens (tertiary/aromatic N) is 1. The fourth-order valence-corrected chi connectivity index (χ4v) is 2.73. The molecule has 2 heteroatoms. The lowest BCUT2D eigenvalue weighted by Gasteiger charge is -2.33. The number of unbranched alkanes of at least 4 members (excludes halogenated alkanes) is 1. The minimum absolute atomic E-state index is 0.983. The monoisotopic (exact) mass is 262 g/mol. The smallest absolute Gasteiger partial charge is 0.0366 e. The van der Waals surface area contributed by atoms with Crippen LogP contribution >= 0.6 is 0 Å². The number of benzene rings is 1. The number of nitrogens with two attached hydrogens (primary N) is 1. The largest absolute Gasteiger partial charge is 0.372 e. The molecule has 1 aliphatic heterocycles. The lowest BCUT2D eigenvalue weighted by molar-refractivity contribution is 0.371. The average molecular weight is 262 g/mol. The van der Waals surface area contributed by atoms with E-state index < -0.39 is 0 Å². The van der Waals surface area contributed by atoms with Crippen LogP contribution in [0, 0.1) is 12.8 Å². The third kappa shape index (κ3) is 5.23. The fourth-order valence-electron chi connectivity index (χ4n) is 2.73. The van der Waals surface area contributed by atoms with E-state index in [4.69, 9.17) is 0 Å². The number of rotatable bonds is 4. The Morgan fingerprint density at radius 3 is 2.21 bits per heavy atom. The van der Waals surface area contributed by atoms with Crippen molar-refractivity contribution in [3.05, 3.63) is 29.8 Å². The van der Waals surface area contributed by atoms with E-state index in [1.54, 1.807) is 0 Å². The first-order chi connectivity index (χ1) is 9.29. The Morgan fingerprint density at radius 1 is 1.11 bits per heavy atom. The first-order valence-corrected chi connectivity index (χ1v) is 7.69. The van der Waals surface area contributed by atoms with E-state index in [9.17, 15) is 0 Å². The van der Waals surface area contributed by atoms with Gasteiger partial charge in [-0.2, -0.15) is 0 Å². The summed E-state index contributed by atoms with van der Waals surface area (Å²) in [5.41, 5.74) is 7.26. The summed E-state index contributed by atoms with van der Waals surface area (Å²) < 4.78 is 0. The highest BCUT2D eigenvalue weighted by atomic mass is 15.1. The highest BCUT2D eigenvalue weighted by Crippen LogP contribution is 2.26. The van der Waals surface area contributed by atoms with Crippen molar-refractivity contribution in [1.82, 2.24) is 0 Å². The molecular weight excluding hydrogens is 232 g/mol. The molecule has 1 heterocycles. The summed E-state index contributed by atoms with van der Waals surface area (Å²) in [7, 11) is 1.50. The van der Waals surface area contributed by atoms with Gasteiger partial charge in [-0.25, -0.2) is 0 Å². The second-order valence-electron chi connectivity index (χ2n) is 5.41. The average Bonchev–Trinajstić information content (AvgIpc) is 2.49. The van der Waals surface area contributed by atoms with Crippen molar-refractivity contribution >= 4 is 5.69 Å². The minimum atomic E-state index is 0.983. The topological polar surface area (TPSA) is 29.3 Å². The molecular formula is C17H30N2. The fraction of sp³-hybridized carbons (Fsp3) is 0.647. The van der Waals surface area contributed by atoms with E-state index in [-0.39, 0.29) is 0 Å². The van der Waals surface area contributed by atoms with E-state index in [1.807, 2.05) is 0 Å². The Labute approximate surface area is 119 Å². The van der Waals surface area contributed by atoms with Crippen molar-refractivity contribution in [2.24, 2.45) is 11.7 Å². The van der Waals surface area contributed by atoms with Crippen molar-refractivity contribution in [1.29, 1.82) is 0 Å². The molecule has 1 aromatic rings. The maximum absolute atomic E-state index is 4.50. The molecule has 0 spiro atoms. The van der Waals surface area contributed by atoms with E-state index in [1.165, 1.54) is 63.5 Å². The molecule has 0 aromatic heterocycles. The summed E-state index contributed by atoms with van der Waals surface area (Å²) in [6.45, 7) is 6.94. The second-order valence-corrected chi connectivity index (χ2v) is 5.41. The van der Waals surface area contributed by atoms with Gasteiger partial charge in [0.15, 0.2) is 0 Å². The van der Waals surface area contributed by atoms with Crippen LogP contribution in [0.5, 0.6) is 0 Å². The third-order valence-corrected chi connectivity index (χ3v) is 3.98. The summed E-state index contributed by atoms with van der Waals surface area (Å²) in [5.74, 6) is 0.983. The summed E-state index contributed by atoms with van der Waals surface area (Å²) >= 11 is 0. The number of hydrogen-bond acceptors (Lipinski definition) is 2. The van der Waals surface area contributed by atoms with Gasteiger partial charge in [0.2, 0.25) is 0 Å². The van der Waals surface area contributed by atoms with Crippen molar-refractivity contribution in [3.8, 4) is 0 Å². The summed E-state index contributed by atoms with van der Waals surface area (Å²) in [4.78, 5) is 2.54. The summed E-state index contributed by atoms with van der Waals surface area (Å²) in [6.07, 6.45) is 6.97. The van der Waals surface area contributed by atoms with Crippen LogP contribution in [0.25, 0.3) is 0 Å². The normalized spacial score (nSPS) is 15.9. The van der Waals surface area contributed by atoms with Gasteiger partial charge in [0.25, 0.3) is 0 Å². The molecule has 0 radical (unpaired) electrons. The maximum atomic E-state index is 4.50. The zero-order chi connectivity index (χ0) is 14.1.